The summed E-state index contributed by atoms with van der Waals surface area (Å²) < 4.78 is 28.8. The summed E-state index contributed by atoms with van der Waals surface area (Å²) in [6.07, 6.45) is 0. The Labute approximate surface area is 234 Å². The van der Waals surface area contributed by atoms with Crippen molar-refractivity contribution in [2.45, 2.75) is 45.2 Å². The molecule has 0 heterocycles. The molecule has 0 saturated heterocycles. The van der Waals surface area contributed by atoms with Gasteiger partial charge in [-0.25, -0.2) is 8.42 Å². The number of sulfonamides is 1. The number of nitrogens with one attached hydrogen (secondary N) is 1. The molecule has 0 saturated carbocycles. The number of aryl methyl sites for hydroxylation is 1. The van der Waals surface area contributed by atoms with Crippen LogP contribution in [0.2, 0.25) is 10.0 Å². The van der Waals surface area contributed by atoms with Crippen LogP contribution in [0, 0.1) is 13.8 Å². The second-order valence-electron chi connectivity index (χ2n) is 8.93. The van der Waals surface area contributed by atoms with E-state index in [1.165, 1.54) is 17.0 Å². The summed E-state index contributed by atoms with van der Waals surface area (Å²) in [5.74, 6) is -0.893. The molecule has 0 fully saturated rings. The Hall–Kier alpha value is -3.07. The van der Waals surface area contributed by atoms with Crippen molar-refractivity contribution < 1.29 is 18.0 Å². The van der Waals surface area contributed by atoms with Crippen molar-refractivity contribution in [2.75, 3.05) is 17.4 Å². The third-order valence-corrected chi connectivity index (χ3v) is 8.62. The predicted octanol–water partition coefficient (Wildman–Crippen LogP) is 5.36. The Morgan fingerprint density at radius 1 is 0.947 bits per heavy atom. The van der Waals surface area contributed by atoms with Gasteiger partial charge in [-0.15, -0.1) is 0 Å². The largest absolute Gasteiger partial charge is 0.355 e. The zero-order valence-electron chi connectivity index (χ0n) is 21.7. The second kappa shape index (κ2) is 12.7. The van der Waals surface area contributed by atoms with Gasteiger partial charge in [0, 0.05) is 23.1 Å². The minimum absolute atomic E-state index is 0.0382. The monoisotopic (exact) mass is 575 g/mol. The van der Waals surface area contributed by atoms with E-state index < -0.39 is 28.5 Å². The number of hydrogen-bond acceptors (Lipinski definition) is 4. The number of nitrogens with zero attached hydrogens (tertiary/aromatic N) is 2. The van der Waals surface area contributed by atoms with Gasteiger partial charge in [0.05, 0.1) is 10.6 Å². The van der Waals surface area contributed by atoms with Gasteiger partial charge in [0.25, 0.3) is 10.0 Å². The molecule has 3 aromatic carbocycles. The van der Waals surface area contributed by atoms with Crippen LogP contribution in [0.4, 0.5) is 5.69 Å². The Balaban J connectivity index is 2.07. The molecule has 0 aliphatic heterocycles. The predicted molar refractivity (Wildman–Crippen MR) is 152 cm³/mol. The van der Waals surface area contributed by atoms with E-state index in [1.807, 2.05) is 6.92 Å². The minimum Gasteiger partial charge on any atom is -0.355 e. The summed E-state index contributed by atoms with van der Waals surface area (Å²) in [6, 6.07) is 17.3. The highest BCUT2D eigenvalue weighted by molar-refractivity contribution is 7.92. The molecule has 0 aromatic heterocycles. The maximum absolute atomic E-state index is 13.9. The van der Waals surface area contributed by atoms with Gasteiger partial charge in [-0.2, -0.15) is 0 Å². The maximum Gasteiger partial charge on any atom is 0.264 e. The Morgan fingerprint density at radius 2 is 1.58 bits per heavy atom. The lowest BCUT2D eigenvalue weighted by Crippen LogP contribution is -2.51. The van der Waals surface area contributed by atoms with Crippen molar-refractivity contribution in [1.29, 1.82) is 0 Å². The lowest BCUT2D eigenvalue weighted by Gasteiger charge is -2.32. The van der Waals surface area contributed by atoms with Crippen LogP contribution in [0.5, 0.6) is 0 Å². The standard InChI is InChI=1S/C28H31Cl2N3O4S/c1-5-31-28(35)21(4)32(17-22-11-13-23(29)14-12-22)27(34)18-33(26-8-6-7-25(30)20(26)3)38(36,37)24-15-9-19(2)10-16-24/h6-16,21H,5,17-18H2,1-4H3,(H,31,35)/t21-/m0/s1. The summed E-state index contributed by atoms with van der Waals surface area (Å²) in [4.78, 5) is 28.0. The number of anilines is 1. The van der Waals surface area contributed by atoms with Gasteiger partial charge >= 0.3 is 0 Å². The average molecular weight is 577 g/mol. The van der Waals surface area contributed by atoms with Crippen LogP contribution < -0.4 is 9.62 Å². The molecule has 202 valence electrons. The van der Waals surface area contributed by atoms with E-state index in [2.05, 4.69) is 5.32 Å². The number of amides is 2. The summed E-state index contributed by atoms with van der Waals surface area (Å²) >= 11 is 12.4. The normalized spacial score (nSPS) is 12.1. The third-order valence-electron chi connectivity index (χ3n) is 6.18. The molecular formula is C28H31Cl2N3O4S. The van der Waals surface area contributed by atoms with Crippen molar-refractivity contribution in [3.05, 3.63) is 93.5 Å². The van der Waals surface area contributed by atoms with Gasteiger partial charge in [0.15, 0.2) is 0 Å². The molecule has 1 atom stereocenters. The van der Waals surface area contributed by atoms with Crippen molar-refractivity contribution >= 4 is 50.7 Å². The van der Waals surface area contributed by atoms with E-state index in [-0.39, 0.29) is 23.0 Å². The van der Waals surface area contributed by atoms with Gasteiger partial charge in [-0.1, -0.05) is 59.1 Å². The topological polar surface area (TPSA) is 86.8 Å². The van der Waals surface area contributed by atoms with Gasteiger partial charge in [-0.3, -0.25) is 13.9 Å². The fraction of sp³-hybridized carbons (Fsp3) is 0.286. The van der Waals surface area contributed by atoms with E-state index in [0.717, 1.165) is 15.4 Å². The summed E-state index contributed by atoms with van der Waals surface area (Å²) in [5, 5.41) is 3.64. The number of hydrogen-bond donors (Lipinski definition) is 1. The number of halogens is 2. The fourth-order valence-electron chi connectivity index (χ4n) is 3.91. The maximum atomic E-state index is 13.9. The van der Waals surface area contributed by atoms with E-state index >= 15 is 0 Å². The van der Waals surface area contributed by atoms with Crippen LogP contribution in [-0.4, -0.2) is 44.3 Å². The first-order valence-electron chi connectivity index (χ1n) is 12.1. The summed E-state index contributed by atoms with van der Waals surface area (Å²) in [6.45, 7) is 6.90. The molecular weight excluding hydrogens is 545 g/mol. The quantitative estimate of drug-likeness (QED) is 0.352. The number of benzene rings is 3. The molecule has 2 amide bonds. The number of rotatable bonds is 10. The van der Waals surface area contributed by atoms with Gasteiger partial charge in [0.2, 0.25) is 11.8 Å². The fourth-order valence-corrected chi connectivity index (χ4v) is 5.68. The Bertz CT molecular complexity index is 1390. The third kappa shape index (κ3) is 6.87. The number of likely N-dealkylation sites (N-methyl/N-ethyl adjacent to an activating group) is 1. The van der Waals surface area contributed by atoms with E-state index in [0.29, 0.717) is 22.2 Å². The number of carbonyl (C=O) groups excluding carboxylic acids is 2. The lowest BCUT2D eigenvalue weighted by atomic mass is 10.1. The molecule has 3 rings (SSSR count). The van der Waals surface area contributed by atoms with Gasteiger partial charge in [-0.05, 0) is 75.2 Å². The SMILES string of the molecule is CCNC(=O)[C@H](C)N(Cc1ccc(Cl)cc1)C(=O)CN(c1cccc(Cl)c1C)S(=O)(=O)c1ccc(C)cc1. The molecule has 0 bridgehead atoms. The van der Waals surface area contributed by atoms with E-state index in [1.54, 1.807) is 75.4 Å². The Kier molecular flexibility index (Phi) is 9.82. The Morgan fingerprint density at radius 3 is 2.18 bits per heavy atom. The highest BCUT2D eigenvalue weighted by atomic mass is 35.5. The van der Waals surface area contributed by atoms with Crippen LogP contribution in [0.3, 0.4) is 0 Å². The van der Waals surface area contributed by atoms with Crippen molar-refractivity contribution in [3.63, 3.8) is 0 Å². The van der Waals surface area contributed by atoms with E-state index in [9.17, 15) is 18.0 Å². The van der Waals surface area contributed by atoms with Crippen molar-refractivity contribution in [3.8, 4) is 0 Å². The van der Waals surface area contributed by atoms with Crippen LogP contribution in [0.25, 0.3) is 0 Å². The molecule has 7 nitrogen and oxygen atoms in total. The zero-order valence-corrected chi connectivity index (χ0v) is 24.1. The number of carbonyl (C=O) groups is 2. The van der Waals surface area contributed by atoms with Crippen LogP contribution in [0.1, 0.15) is 30.5 Å². The van der Waals surface area contributed by atoms with Crippen LogP contribution in [-0.2, 0) is 26.2 Å². The molecule has 0 radical (unpaired) electrons. The highest BCUT2D eigenvalue weighted by Gasteiger charge is 2.33. The summed E-state index contributed by atoms with van der Waals surface area (Å²) in [7, 11) is -4.16. The molecule has 1 N–H and O–H groups in total. The smallest absolute Gasteiger partial charge is 0.264 e. The average Bonchev–Trinajstić information content (AvgIpc) is 2.88. The molecule has 0 aliphatic carbocycles. The minimum atomic E-state index is -4.16. The van der Waals surface area contributed by atoms with E-state index in [4.69, 9.17) is 23.2 Å². The van der Waals surface area contributed by atoms with Crippen LogP contribution in [0.15, 0.2) is 71.6 Å². The van der Waals surface area contributed by atoms with Crippen LogP contribution >= 0.6 is 23.2 Å². The first kappa shape index (κ1) is 29.5. The summed E-state index contributed by atoms with van der Waals surface area (Å²) in [5.41, 5.74) is 2.43. The molecule has 38 heavy (non-hydrogen) atoms. The van der Waals surface area contributed by atoms with Crippen molar-refractivity contribution in [1.82, 2.24) is 10.2 Å². The first-order chi connectivity index (χ1) is 17.9. The zero-order chi connectivity index (χ0) is 28.0. The lowest BCUT2D eigenvalue weighted by molar-refractivity contribution is -0.139. The molecule has 0 aliphatic rings. The highest BCUT2D eigenvalue weighted by Crippen LogP contribution is 2.31. The van der Waals surface area contributed by atoms with Gasteiger partial charge in [0.1, 0.15) is 12.6 Å². The molecule has 3 aromatic rings. The molecule has 0 unspecified atom stereocenters. The molecule has 10 heteroatoms. The van der Waals surface area contributed by atoms with Crippen molar-refractivity contribution in [2.24, 2.45) is 0 Å². The second-order valence-corrected chi connectivity index (χ2v) is 11.6. The van der Waals surface area contributed by atoms with Gasteiger partial charge < -0.3 is 10.2 Å². The molecule has 0 spiro atoms. The first-order valence-corrected chi connectivity index (χ1v) is 14.3.